The first kappa shape index (κ1) is 11.1. The van der Waals surface area contributed by atoms with Gasteiger partial charge in [0.05, 0.1) is 0 Å². The maximum Gasteiger partial charge on any atom is 0.0355 e. The molecule has 0 N–H and O–H groups in total. The van der Waals surface area contributed by atoms with Gasteiger partial charge in [-0.15, -0.1) is 11.8 Å². The van der Waals surface area contributed by atoms with Crippen molar-refractivity contribution in [3.05, 3.63) is 46.7 Å². The Morgan fingerprint density at radius 2 is 1.79 bits per heavy atom. The number of rotatable bonds is 0. The molecule has 2 aliphatic heterocycles. The van der Waals surface area contributed by atoms with E-state index in [9.17, 15) is 0 Å². The highest BCUT2D eigenvalue weighted by atomic mass is 32.2. The Balaban J connectivity index is 0.000000140. The second-order valence-corrected chi connectivity index (χ2v) is 3.63. The van der Waals surface area contributed by atoms with Gasteiger partial charge in [0.15, 0.2) is 0 Å². The summed E-state index contributed by atoms with van der Waals surface area (Å²) in [6, 6.07) is 0. The smallest absolute Gasteiger partial charge is 0.0355 e. The van der Waals surface area contributed by atoms with Crippen molar-refractivity contribution >= 4 is 36.1 Å². The second kappa shape index (κ2) is 8.59. The van der Waals surface area contributed by atoms with Crippen molar-refractivity contribution in [1.82, 2.24) is 0 Å². The number of thioether (sulfide) groups is 1. The predicted octanol–water partition coefficient (Wildman–Crippen LogP) is 3.58. The largest absolute Gasteiger partial charge is 0.264 e. The van der Waals surface area contributed by atoms with E-state index in [-0.39, 0.29) is 0 Å². The van der Waals surface area contributed by atoms with Crippen molar-refractivity contribution in [3.63, 3.8) is 0 Å². The minimum absolute atomic E-state index is 1.44. The summed E-state index contributed by atoms with van der Waals surface area (Å²) < 4.78 is 3.89. The van der Waals surface area contributed by atoms with Gasteiger partial charge in [-0.05, 0) is 28.4 Å². The summed E-state index contributed by atoms with van der Waals surface area (Å²) in [5.74, 6) is 0. The van der Waals surface area contributed by atoms with Crippen molar-refractivity contribution in [1.29, 1.82) is 0 Å². The molecule has 0 saturated heterocycles. The zero-order valence-electron chi connectivity index (χ0n) is 7.48. The Morgan fingerprint density at radius 1 is 0.786 bits per heavy atom. The quantitative estimate of drug-likeness (QED) is 0.585. The van der Waals surface area contributed by atoms with Gasteiger partial charge in [-0.25, -0.2) is 4.40 Å². The van der Waals surface area contributed by atoms with Crippen LogP contribution in [0, 0.1) is 0 Å². The summed E-state index contributed by atoms with van der Waals surface area (Å²) in [6.07, 6.45) is 13.0. The van der Waals surface area contributed by atoms with Crippen molar-refractivity contribution in [2.75, 3.05) is 0 Å². The van der Waals surface area contributed by atoms with Crippen LogP contribution >= 0.6 is 23.7 Å². The first-order valence-corrected chi connectivity index (χ1v) is 5.78. The molecule has 0 unspecified atom stereocenters. The molecule has 0 aromatic carbocycles. The summed E-state index contributed by atoms with van der Waals surface area (Å²) in [7, 11) is 0. The molecule has 0 spiro atoms. The van der Waals surface area contributed by atoms with Crippen LogP contribution in [0.5, 0.6) is 0 Å². The van der Waals surface area contributed by atoms with Crippen LogP contribution in [-0.4, -0.2) is 12.4 Å². The first-order valence-electron chi connectivity index (χ1n) is 4.00. The standard InChI is InChI=1S/2C5H5NS/c1-2-6-3-5-7-4-1;1-2-4-6-7-5-3-1/h2*1-5H. The number of aliphatic imine (C=N–C) groups is 1. The van der Waals surface area contributed by atoms with E-state index in [1.54, 1.807) is 30.4 Å². The molecule has 0 amide bonds. The topological polar surface area (TPSA) is 24.7 Å². The Kier molecular flexibility index (Phi) is 6.80. The zero-order valence-corrected chi connectivity index (χ0v) is 9.12. The first-order chi connectivity index (χ1) is 7.00. The summed E-state index contributed by atoms with van der Waals surface area (Å²) >= 11 is 3.07. The van der Waals surface area contributed by atoms with Crippen molar-refractivity contribution in [2.24, 2.45) is 9.39 Å². The average molecular weight is 222 g/mol. The maximum atomic E-state index is 3.89. The van der Waals surface area contributed by atoms with E-state index < -0.39 is 0 Å². The fourth-order valence-electron chi connectivity index (χ4n) is 0.595. The molecule has 0 aromatic heterocycles. The van der Waals surface area contributed by atoms with E-state index >= 15 is 0 Å². The molecular weight excluding hydrogens is 212 g/mol. The second-order valence-electron chi connectivity index (χ2n) is 2.12. The lowest BCUT2D eigenvalue weighted by Crippen LogP contribution is -1.52. The highest BCUT2D eigenvalue weighted by Crippen LogP contribution is 2.04. The van der Waals surface area contributed by atoms with Crippen LogP contribution in [0.1, 0.15) is 0 Å². The maximum absolute atomic E-state index is 3.89. The Labute approximate surface area is 92.4 Å². The Morgan fingerprint density at radius 3 is 2.79 bits per heavy atom. The van der Waals surface area contributed by atoms with Crippen molar-refractivity contribution in [3.8, 4) is 0 Å². The predicted molar refractivity (Wildman–Crippen MR) is 68.7 cm³/mol. The summed E-state index contributed by atoms with van der Waals surface area (Å²) in [6.45, 7) is 0. The van der Waals surface area contributed by atoms with Crippen LogP contribution in [0.3, 0.4) is 0 Å². The van der Waals surface area contributed by atoms with Gasteiger partial charge in [0.1, 0.15) is 0 Å². The van der Waals surface area contributed by atoms with Crippen LogP contribution < -0.4 is 0 Å². The molecule has 0 fully saturated rings. The lowest BCUT2D eigenvalue weighted by atomic mass is 10.5. The van der Waals surface area contributed by atoms with Crippen molar-refractivity contribution < 1.29 is 0 Å². The molecule has 4 heteroatoms. The molecule has 0 radical (unpaired) electrons. The van der Waals surface area contributed by atoms with E-state index in [4.69, 9.17) is 0 Å². The van der Waals surface area contributed by atoms with E-state index in [2.05, 4.69) is 9.39 Å². The molecule has 0 atom stereocenters. The third-order valence-corrected chi connectivity index (χ3v) is 2.24. The van der Waals surface area contributed by atoms with Gasteiger partial charge in [0.2, 0.25) is 0 Å². The van der Waals surface area contributed by atoms with Gasteiger partial charge < -0.3 is 0 Å². The molecule has 0 saturated carbocycles. The fraction of sp³-hybridized carbons (Fsp3) is 0. The molecular formula is C10H10N2S2. The summed E-state index contributed by atoms with van der Waals surface area (Å²) in [4.78, 5) is 3.86. The fourth-order valence-corrected chi connectivity index (χ4v) is 1.36. The van der Waals surface area contributed by atoms with E-state index in [1.807, 2.05) is 40.5 Å². The van der Waals surface area contributed by atoms with E-state index in [0.717, 1.165) is 0 Å². The van der Waals surface area contributed by atoms with Crippen LogP contribution in [-0.2, 0) is 0 Å². The Bertz CT molecular complexity index is 252. The van der Waals surface area contributed by atoms with Gasteiger partial charge in [-0.2, -0.15) is 0 Å². The van der Waals surface area contributed by atoms with E-state index in [0.29, 0.717) is 0 Å². The highest BCUT2D eigenvalue weighted by Gasteiger charge is 1.72. The number of allylic oxidation sites excluding steroid dienone is 4. The van der Waals surface area contributed by atoms with Gasteiger partial charge in [-0.3, -0.25) is 4.99 Å². The van der Waals surface area contributed by atoms with Gasteiger partial charge in [0.25, 0.3) is 0 Å². The number of hydrogen-bond acceptors (Lipinski definition) is 4. The van der Waals surface area contributed by atoms with Gasteiger partial charge in [0, 0.05) is 30.6 Å². The lowest BCUT2D eigenvalue weighted by Gasteiger charge is -1.70. The van der Waals surface area contributed by atoms with Crippen LogP contribution in [0.25, 0.3) is 0 Å². The summed E-state index contributed by atoms with van der Waals surface area (Å²) in [5, 5.41) is 5.84. The molecule has 0 bridgehead atoms. The number of nitrogens with zero attached hydrogens (tertiary/aromatic N) is 2. The lowest BCUT2D eigenvalue weighted by molar-refractivity contribution is 1.63. The third kappa shape index (κ3) is 6.51. The molecule has 2 nitrogen and oxygen atoms in total. The minimum Gasteiger partial charge on any atom is -0.264 e. The molecule has 2 heterocycles. The third-order valence-electron chi connectivity index (χ3n) is 1.12. The zero-order chi connectivity index (χ0) is 9.90. The molecule has 14 heavy (non-hydrogen) atoms. The monoisotopic (exact) mass is 222 g/mol. The van der Waals surface area contributed by atoms with E-state index in [1.165, 1.54) is 11.9 Å². The molecule has 2 rings (SSSR count). The SMILES string of the molecule is C1=CC=NSC=C1.C1=CSC=CN=C1. The van der Waals surface area contributed by atoms with Crippen molar-refractivity contribution in [2.45, 2.75) is 0 Å². The molecule has 0 aromatic rings. The molecule has 2 aliphatic rings. The van der Waals surface area contributed by atoms with Crippen LogP contribution in [0.15, 0.2) is 56.1 Å². The average Bonchev–Trinajstić information content (AvgIpc) is 2.68. The Hall–Kier alpha value is -1.00. The van der Waals surface area contributed by atoms with Gasteiger partial charge >= 0.3 is 0 Å². The molecule has 0 aliphatic carbocycles. The highest BCUT2D eigenvalue weighted by molar-refractivity contribution is 8.04. The number of hydrogen-bond donors (Lipinski definition) is 0. The van der Waals surface area contributed by atoms with Crippen LogP contribution in [0.4, 0.5) is 0 Å². The summed E-state index contributed by atoms with van der Waals surface area (Å²) in [5.41, 5.74) is 0. The minimum atomic E-state index is 1.44. The normalized spacial score (nSPS) is 17.1. The van der Waals surface area contributed by atoms with Gasteiger partial charge in [-0.1, -0.05) is 12.2 Å². The molecule has 72 valence electrons. The van der Waals surface area contributed by atoms with Crippen LogP contribution in [0.2, 0.25) is 0 Å².